The van der Waals surface area contributed by atoms with Gasteiger partial charge in [-0.25, -0.2) is 0 Å². The van der Waals surface area contributed by atoms with Crippen molar-refractivity contribution in [1.82, 2.24) is 0 Å². The Morgan fingerprint density at radius 1 is 0.256 bits per heavy atom. The van der Waals surface area contributed by atoms with Gasteiger partial charge in [0.2, 0.25) is 0 Å². The fourth-order valence-electron chi connectivity index (χ4n) is 10.6. The molecule has 0 aromatic carbocycles. The Bertz CT molecular complexity index is 1500. The number of unbranched alkanes of at least 4 members (excludes halogenated alkanes) is 43. The first-order valence-corrected chi connectivity index (χ1v) is 35.9. The fourth-order valence-corrected chi connectivity index (χ4v) is 10.6. The minimum absolute atomic E-state index is 0.0719. The molecule has 6 heteroatoms. The quantitative estimate of drug-likeness (QED) is 0.0261. The molecule has 0 amide bonds. The molecule has 0 aromatic heterocycles. The summed E-state index contributed by atoms with van der Waals surface area (Å²) in [5.74, 6) is -0.852. The summed E-state index contributed by atoms with van der Waals surface area (Å²) < 4.78 is 17.0. The minimum Gasteiger partial charge on any atom is -0.462 e. The molecule has 0 spiro atoms. The molecule has 0 aliphatic rings. The van der Waals surface area contributed by atoms with E-state index in [4.69, 9.17) is 14.2 Å². The van der Waals surface area contributed by atoms with Crippen LogP contribution in [0.1, 0.15) is 374 Å². The number of allylic oxidation sites excluding steroid dienone is 12. The molecule has 0 saturated carbocycles. The molecule has 1 atom stereocenters. The van der Waals surface area contributed by atoms with E-state index in [0.717, 1.165) is 89.9 Å². The van der Waals surface area contributed by atoms with Crippen LogP contribution in [0.25, 0.3) is 0 Å². The molecule has 0 aliphatic heterocycles. The molecule has 1 unspecified atom stereocenters. The van der Waals surface area contributed by atoms with Crippen molar-refractivity contribution in [1.29, 1.82) is 0 Å². The topological polar surface area (TPSA) is 78.9 Å². The maximum atomic E-state index is 13.0. The summed E-state index contributed by atoms with van der Waals surface area (Å²) >= 11 is 0. The molecule has 0 heterocycles. The predicted octanol–water partition coefficient (Wildman–Crippen LogP) is 24.8. The van der Waals surface area contributed by atoms with Crippen LogP contribution >= 0.6 is 0 Å². The van der Waals surface area contributed by atoms with Gasteiger partial charge in [0.1, 0.15) is 13.2 Å². The zero-order valence-corrected chi connectivity index (χ0v) is 54.8. The van der Waals surface area contributed by atoms with Gasteiger partial charge in [0.05, 0.1) is 0 Å². The van der Waals surface area contributed by atoms with Gasteiger partial charge in [-0.15, -0.1) is 0 Å². The molecule has 0 N–H and O–H groups in total. The second-order valence-electron chi connectivity index (χ2n) is 24.1. The van der Waals surface area contributed by atoms with E-state index in [2.05, 4.69) is 93.7 Å². The second-order valence-corrected chi connectivity index (χ2v) is 24.1. The monoisotopic (exact) mass is 1150 g/mol. The number of carbonyl (C=O) groups excluding carboxylic acids is 3. The molecule has 0 fully saturated rings. The van der Waals surface area contributed by atoms with E-state index in [0.29, 0.717) is 19.3 Å². The predicted molar refractivity (Wildman–Crippen MR) is 358 cm³/mol. The molecular formula is C76H136O6. The van der Waals surface area contributed by atoms with Crippen LogP contribution in [0.15, 0.2) is 72.9 Å². The first-order valence-electron chi connectivity index (χ1n) is 35.9. The first-order chi connectivity index (χ1) is 40.5. The van der Waals surface area contributed by atoms with Gasteiger partial charge >= 0.3 is 17.9 Å². The lowest BCUT2D eigenvalue weighted by atomic mass is 10.0. The maximum absolute atomic E-state index is 13.0. The Kier molecular flexibility index (Phi) is 67.6. The summed E-state index contributed by atoms with van der Waals surface area (Å²) in [6, 6.07) is 0. The standard InChI is InChI=1S/C76H136O6/c1-4-7-10-13-16-19-22-25-28-31-34-35-36-37-38-39-40-41-43-45-48-51-54-57-60-63-66-69-75(78)81-72-73(71-80-74(77)68-65-62-59-56-53-50-47-44-33-30-27-24-21-18-15-12-9-6-3)82-76(79)70-67-64-61-58-55-52-49-46-42-32-29-26-23-20-17-14-11-8-5-2/h7,10,16-17,19-20,25-26,28-29,34-35,73H,4-6,8-9,11-15,18,21-24,27,30-33,36-72H2,1-3H3/b10-7-,19-16-,20-17-,28-25-,29-26-,35-34-. The highest BCUT2D eigenvalue weighted by molar-refractivity contribution is 5.71. The van der Waals surface area contributed by atoms with Crippen molar-refractivity contribution >= 4 is 17.9 Å². The third-order valence-electron chi connectivity index (χ3n) is 15.9. The van der Waals surface area contributed by atoms with Gasteiger partial charge in [0.25, 0.3) is 0 Å². The number of carbonyl (C=O) groups is 3. The van der Waals surface area contributed by atoms with E-state index in [1.165, 1.54) is 244 Å². The van der Waals surface area contributed by atoms with Crippen molar-refractivity contribution in [3.63, 3.8) is 0 Å². The molecular weight excluding hydrogens is 1010 g/mol. The highest BCUT2D eigenvalue weighted by atomic mass is 16.6. The molecule has 6 nitrogen and oxygen atoms in total. The highest BCUT2D eigenvalue weighted by Gasteiger charge is 2.19. The third kappa shape index (κ3) is 67.6. The number of hydrogen-bond donors (Lipinski definition) is 0. The summed E-state index contributed by atoms with van der Waals surface area (Å²) in [5.41, 5.74) is 0. The van der Waals surface area contributed by atoms with E-state index in [9.17, 15) is 14.4 Å². The van der Waals surface area contributed by atoms with Gasteiger partial charge in [0, 0.05) is 19.3 Å². The molecule has 476 valence electrons. The normalized spacial score (nSPS) is 12.5. The van der Waals surface area contributed by atoms with Crippen molar-refractivity contribution in [2.24, 2.45) is 0 Å². The Hall–Kier alpha value is -3.15. The zero-order valence-electron chi connectivity index (χ0n) is 54.8. The summed E-state index contributed by atoms with van der Waals surface area (Å²) in [7, 11) is 0. The first kappa shape index (κ1) is 78.8. The van der Waals surface area contributed by atoms with Crippen LogP contribution in [-0.2, 0) is 28.6 Å². The lowest BCUT2D eigenvalue weighted by Crippen LogP contribution is -2.30. The molecule has 82 heavy (non-hydrogen) atoms. The van der Waals surface area contributed by atoms with Gasteiger partial charge in [0.15, 0.2) is 6.10 Å². The Balaban J connectivity index is 4.30. The maximum Gasteiger partial charge on any atom is 0.306 e. The molecule has 0 aromatic rings. The van der Waals surface area contributed by atoms with Crippen molar-refractivity contribution in [2.75, 3.05) is 13.2 Å². The van der Waals surface area contributed by atoms with E-state index in [1.807, 2.05) is 0 Å². The van der Waals surface area contributed by atoms with E-state index < -0.39 is 6.10 Å². The smallest absolute Gasteiger partial charge is 0.306 e. The SMILES string of the molecule is CC/C=C\C/C=C\C/C=C\C/C=C\CCCCCCCCCCCCCCCCC(=O)OCC(COC(=O)CCCCCCCCCCCCCCCCCCCC)OC(=O)CCCCCCCCCCC/C=C\C/C=C\CCCCC. The van der Waals surface area contributed by atoms with Crippen molar-refractivity contribution in [3.8, 4) is 0 Å². The molecule has 0 rings (SSSR count). The molecule has 0 saturated heterocycles. The number of ether oxygens (including phenoxy) is 3. The third-order valence-corrected chi connectivity index (χ3v) is 15.9. The van der Waals surface area contributed by atoms with Gasteiger partial charge < -0.3 is 14.2 Å². The number of esters is 3. The lowest BCUT2D eigenvalue weighted by Gasteiger charge is -2.18. The van der Waals surface area contributed by atoms with Crippen LogP contribution in [0.3, 0.4) is 0 Å². The summed E-state index contributed by atoms with van der Waals surface area (Å²) in [6.45, 7) is 6.57. The zero-order chi connectivity index (χ0) is 59.2. The van der Waals surface area contributed by atoms with Crippen LogP contribution < -0.4 is 0 Å². The van der Waals surface area contributed by atoms with E-state index >= 15 is 0 Å². The van der Waals surface area contributed by atoms with Gasteiger partial charge in [-0.3, -0.25) is 14.4 Å². The van der Waals surface area contributed by atoms with Crippen molar-refractivity contribution < 1.29 is 28.6 Å². The largest absolute Gasteiger partial charge is 0.462 e. The number of hydrogen-bond acceptors (Lipinski definition) is 6. The van der Waals surface area contributed by atoms with E-state index in [1.54, 1.807) is 0 Å². The Morgan fingerprint density at radius 3 is 0.768 bits per heavy atom. The van der Waals surface area contributed by atoms with Crippen LogP contribution in [0, 0.1) is 0 Å². The lowest BCUT2D eigenvalue weighted by molar-refractivity contribution is -0.167. The van der Waals surface area contributed by atoms with Crippen LogP contribution in [0.5, 0.6) is 0 Å². The van der Waals surface area contributed by atoms with Crippen LogP contribution in [-0.4, -0.2) is 37.2 Å². The van der Waals surface area contributed by atoms with Gasteiger partial charge in [-0.1, -0.05) is 338 Å². The summed E-state index contributed by atoms with van der Waals surface area (Å²) in [5, 5.41) is 0. The van der Waals surface area contributed by atoms with Crippen molar-refractivity contribution in [2.45, 2.75) is 380 Å². The van der Waals surface area contributed by atoms with Crippen LogP contribution in [0.2, 0.25) is 0 Å². The highest BCUT2D eigenvalue weighted by Crippen LogP contribution is 2.18. The molecule has 0 aliphatic carbocycles. The minimum atomic E-state index is -0.777. The van der Waals surface area contributed by atoms with Crippen LogP contribution in [0.4, 0.5) is 0 Å². The second kappa shape index (κ2) is 70.3. The fraction of sp³-hybridized carbons (Fsp3) is 0.803. The van der Waals surface area contributed by atoms with E-state index in [-0.39, 0.29) is 31.1 Å². The number of rotatable bonds is 66. The summed E-state index contributed by atoms with van der Waals surface area (Å²) in [6.07, 6.45) is 92.1. The van der Waals surface area contributed by atoms with Crippen molar-refractivity contribution in [3.05, 3.63) is 72.9 Å². The Morgan fingerprint density at radius 2 is 0.476 bits per heavy atom. The average molecular weight is 1150 g/mol. The molecule has 0 bridgehead atoms. The van der Waals surface area contributed by atoms with Gasteiger partial charge in [-0.05, 0) is 89.9 Å². The van der Waals surface area contributed by atoms with Gasteiger partial charge in [-0.2, -0.15) is 0 Å². The average Bonchev–Trinajstić information content (AvgIpc) is 3.47. The summed E-state index contributed by atoms with van der Waals surface area (Å²) in [4.78, 5) is 38.5. The molecule has 0 radical (unpaired) electrons. The Labute approximate surface area is 510 Å².